The number of carboxylic acid groups (broad SMARTS) is 1. The zero-order valence-electron chi connectivity index (χ0n) is 16.2. The summed E-state index contributed by atoms with van der Waals surface area (Å²) in [6.07, 6.45) is -0.313. The van der Waals surface area contributed by atoms with Crippen molar-refractivity contribution in [2.45, 2.75) is 18.4 Å². The van der Waals surface area contributed by atoms with Crippen molar-refractivity contribution < 1.29 is 19.4 Å². The van der Waals surface area contributed by atoms with Gasteiger partial charge in [0.25, 0.3) is 0 Å². The van der Waals surface area contributed by atoms with Crippen molar-refractivity contribution in [3.8, 4) is 11.1 Å². The number of carbonyl (C=O) groups is 2. The van der Waals surface area contributed by atoms with Crippen LogP contribution in [0, 0.1) is 0 Å². The van der Waals surface area contributed by atoms with Gasteiger partial charge in [-0.05, 0) is 46.4 Å². The topological polar surface area (TPSA) is 102 Å². The first kappa shape index (κ1) is 19.7. The second-order valence-electron chi connectivity index (χ2n) is 7.30. The smallest absolute Gasteiger partial charge is 0.411 e. The van der Waals surface area contributed by atoms with Gasteiger partial charge in [-0.2, -0.15) is 0 Å². The Morgan fingerprint density at radius 1 is 0.933 bits per heavy atom. The van der Waals surface area contributed by atoms with E-state index in [-0.39, 0.29) is 18.9 Å². The number of ether oxygens (including phenoxy) is 1. The van der Waals surface area contributed by atoms with Crippen molar-refractivity contribution in [3.05, 3.63) is 89.5 Å². The van der Waals surface area contributed by atoms with E-state index in [4.69, 9.17) is 15.6 Å². The maximum atomic E-state index is 12.3. The standard InChI is InChI=1S/C24H22N2O4/c25-22(23(27)28)13-15-9-11-16(12-10-15)26-24(29)30-14-21-19-7-3-1-5-17(19)18-6-2-4-8-20(18)21/h1-12,21-22H,13-14,25H2,(H,26,29)(H,27,28). The van der Waals surface area contributed by atoms with E-state index >= 15 is 0 Å². The van der Waals surface area contributed by atoms with Gasteiger partial charge in [0.15, 0.2) is 0 Å². The third-order valence-electron chi connectivity index (χ3n) is 5.32. The Morgan fingerprint density at radius 3 is 2.07 bits per heavy atom. The van der Waals surface area contributed by atoms with Crippen molar-refractivity contribution in [1.29, 1.82) is 0 Å². The summed E-state index contributed by atoms with van der Waals surface area (Å²) in [5.41, 5.74) is 11.6. The molecule has 0 radical (unpaired) electrons. The lowest BCUT2D eigenvalue weighted by atomic mass is 9.98. The van der Waals surface area contributed by atoms with Crippen LogP contribution >= 0.6 is 0 Å². The number of nitrogens with one attached hydrogen (secondary N) is 1. The summed E-state index contributed by atoms with van der Waals surface area (Å²) < 4.78 is 5.52. The van der Waals surface area contributed by atoms with E-state index in [1.165, 1.54) is 11.1 Å². The molecule has 152 valence electrons. The largest absolute Gasteiger partial charge is 0.480 e. The molecule has 0 aromatic heterocycles. The van der Waals surface area contributed by atoms with Crippen LogP contribution in [0.25, 0.3) is 11.1 Å². The second-order valence-corrected chi connectivity index (χ2v) is 7.30. The number of amides is 1. The van der Waals surface area contributed by atoms with Crippen LogP contribution in [0.15, 0.2) is 72.8 Å². The molecule has 0 saturated heterocycles. The quantitative estimate of drug-likeness (QED) is 0.578. The summed E-state index contributed by atoms with van der Waals surface area (Å²) in [7, 11) is 0. The molecule has 1 amide bonds. The van der Waals surface area contributed by atoms with Gasteiger partial charge in [-0.3, -0.25) is 10.1 Å². The van der Waals surface area contributed by atoms with Crippen molar-refractivity contribution in [3.63, 3.8) is 0 Å². The Hall–Kier alpha value is -3.64. The molecule has 0 saturated carbocycles. The minimum Gasteiger partial charge on any atom is -0.480 e. The fourth-order valence-electron chi connectivity index (χ4n) is 3.82. The molecule has 3 aromatic rings. The van der Waals surface area contributed by atoms with Gasteiger partial charge >= 0.3 is 12.1 Å². The average Bonchev–Trinajstić information content (AvgIpc) is 3.07. The molecule has 0 heterocycles. The zero-order chi connectivity index (χ0) is 21.1. The highest BCUT2D eigenvalue weighted by Crippen LogP contribution is 2.44. The van der Waals surface area contributed by atoms with Crippen molar-refractivity contribution in [2.75, 3.05) is 11.9 Å². The molecular weight excluding hydrogens is 380 g/mol. The third-order valence-corrected chi connectivity index (χ3v) is 5.32. The van der Waals surface area contributed by atoms with E-state index in [1.54, 1.807) is 24.3 Å². The SMILES string of the molecule is NC(Cc1ccc(NC(=O)OCC2c3ccccc3-c3ccccc32)cc1)C(=O)O. The van der Waals surface area contributed by atoms with Crippen LogP contribution in [0.1, 0.15) is 22.6 Å². The lowest BCUT2D eigenvalue weighted by Gasteiger charge is -2.15. The summed E-state index contributed by atoms with van der Waals surface area (Å²) in [5.74, 6) is -1.04. The molecule has 6 heteroatoms. The van der Waals surface area contributed by atoms with Crippen LogP contribution in [-0.2, 0) is 16.0 Å². The fourth-order valence-corrected chi connectivity index (χ4v) is 3.82. The number of fused-ring (bicyclic) bond motifs is 3. The third kappa shape index (κ3) is 4.04. The van der Waals surface area contributed by atoms with Gasteiger partial charge in [0.05, 0.1) is 0 Å². The summed E-state index contributed by atoms with van der Waals surface area (Å²) in [6, 6.07) is 22.3. The Labute approximate surface area is 174 Å². The minimum absolute atomic E-state index is 0.00281. The average molecular weight is 402 g/mol. The van der Waals surface area contributed by atoms with Gasteiger partial charge in [0, 0.05) is 11.6 Å². The van der Waals surface area contributed by atoms with Crippen LogP contribution in [-0.4, -0.2) is 29.8 Å². The van der Waals surface area contributed by atoms with E-state index < -0.39 is 18.1 Å². The number of nitrogens with two attached hydrogens (primary N) is 1. The molecule has 1 unspecified atom stereocenters. The molecule has 1 aliphatic rings. The van der Waals surface area contributed by atoms with Gasteiger partial charge in [-0.15, -0.1) is 0 Å². The first-order valence-corrected chi connectivity index (χ1v) is 9.72. The van der Waals surface area contributed by atoms with E-state index in [0.29, 0.717) is 5.69 Å². The van der Waals surface area contributed by atoms with Gasteiger partial charge in [0.1, 0.15) is 12.6 Å². The highest BCUT2D eigenvalue weighted by atomic mass is 16.5. The summed E-state index contributed by atoms with van der Waals surface area (Å²) in [4.78, 5) is 23.2. The number of aliphatic carboxylic acids is 1. The number of carbonyl (C=O) groups excluding carboxylic acids is 1. The van der Waals surface area contributed by atoms with E-state index in [2.05, 4.69) is 29.6 Å². The number of hydrogen-bond acceptors (Lipinski definition) is 4. The summed E-state index contributed by atoms with van der Waals surface area (Å²) >= 11 is 0. The number of hydrogen-bond donors (Lipinski definition) is 3. The lowest BCUT2D eigenvalue weighted by molar-refractivity contribution is -0.138. The number of benzene rings is 3. The predicted octanol–water partition coefficient (Wildman–Crippen LogP) is 4.00. The molecule has 4 rings (SSSR count). The molecule has 0 spiro atoms. The molecule has 30 heavy (non-hydrogen) atoms. The summed E-state index contributed by atoms with van der Waals surface area (Å²) in [6.45, 7) is 0.241. The van der Waals surface area contributed by atoms with Crippen LogP contribution < -0.4 is 11.1 Å². The monoisotopic (exact) mass is 402 g/mol. The highest BCUT2D eigenvalue weighted by Gasteiger charge is 2.29. The Kier molecular flexibility index (Phi) is 5.50. The molecule has 0 aliphatic heterocycles. The van der Waals surface area contributed by atoms with Gasteiger partial charge in [-0.25, -0.2) is 4.79 Å². The van der Waals surface area contributed by atoms with Crippen molar-refractivity contribution in [1.82, 2.24) is 0 Å². The molecular formula is C24H22N2O4. The van der Waals surface area contributed by atoms with Crippen LogP contribution in [0.2, 0.25) is 0 Å². The van der Waals surface area contributed by atoms with Crippen LogP contribution in [0.5, 0.6) is 0 Å². The van der Waals surface area contributed by atoms with Crippen LogP contribution in [0.3, 0.4) is 0 Å². The van der Waals surface area contributed by atoms with Crippen molar-refractivity contribution >= 4 is 17.7 Å². The lowest BCUT2D eigenvalue weighted by Crippen LogP contribution is -2.32. The second kappa shape index (κ2) is 8.39. The van der Waals surface area contributed by atoms with E-state index in [9.17, 15) is 9.59 Å². The Bertz CT molecular complexity index is 1030. The Morgan fingerprint density at radius 2 is 1.50 bits per heavy atom. The van der Waals surface area contributed by atoms with E-state index in [0.717, 1.165) is 16.7 Å². The summed E-state index contributed by atoms with van der Waals surface area (Å²) in [5, 5.41) is 11.6. The Balaban J connectivity index is 1.38. The predicted molar refractivity (Wildman–Crippen MR) is 114 cm³/mol. The van der Waals surface area contributed by atoms with Gasteiger partial charge in [-0.1, -0.05) is 60.7 Å². The number of rotatable bonds is 6. The van der Waals surface area contributed by atoms with Crippen molar-refractivity contribution in [2.24, 2.45) is 5.73 Å². The normalized spacial score (nSPS) is 13.2. The maximum Gasteiger partial charge on any atom is 0.411 e. The molecule has 1 atom stereocenters. The number of anilines is 1. The minimum atomic E-state index is -1.05. The molecule has 4 N–H and O–H groups in total. The molecule has 0 bridgehead atoms. The maximum absolute atomic E-state index is 12.3. The van der Waals surface area contributed by atoms with Gasteiger partial charge in [0.2, 0.25) is 0 Å². The molecule has 3 aromatic carbocycles. The van der Waals surface area contributed by atoms with Crippen LogP contribution in [0.4, 0.5) is 10.5 Å². The molecule has 6 nitrogen and oxygen atoms in total. The fraction of sp³-hybridized carbons (Fsp3) is 0.167. The first-order valence-electron chi connectivity index (χ1n) is 9.72. The first-order chi connectivity index (χ1) is 14.5. The molecule has 1 aliphatic carbocycles. The highest BCUT2D eigenvalue weighted by molar-refractivity contribution is 5.85. The van der Waals surface area contributed by atoms with Gasteiger partial charge < -0.3 is 15.6 Å². The zero-order valence-corrected chi connectivity index (χ0v) is 16.2. The number of carboxylic acids is 1. The molecule has 0 fully saturated rings. The van der Waals surface area contributed by atoms with E-state index in [1.807, 2.05) is 24.3 Å².